The highest BCUT2D eigenvalue weighted by Gasteiger charge is 2.36. The number of carboxylic acid groups (broad SMARTS) is 1. The quantitative estimate of drug-likeness (QED) is 0.793. The second-order valence-electron chi connectivity index (χ2n) is 4.87. The van der Waals surface area contributed by atoms with Gasteiger partial charge in [-0.15, -0.1) is 11.8 Å². The molecule has 0 unspecified atom stereocenters. The molecule has 7 heteroatoms. The van der Waals surface area contributed by atoms with E-state index in [1.54, 1.807) is 25.1 Å². The molecule has 0 spiro atoms. The zero-order valence-corrected chi connectivity index (χ0v) is 14.3. The second-order valence-corrected chi connectivity index (χ2v) is 6.73. The number of nitrogens with zero attached hydrogens (tertiary/aromatic N) is 1. The van der Waals surface area contributed by atoms with Gasteiger partial charge >= 0.3 is 5.97 Å². The molecular formula is C14H17Cl2NO3S. The van der Waals surface area contributed by atoms with Crippen LogP contribution in [0.25, 0.3) is 0 Å². The highest BCUT2D eigenvalue weighted by atomic mass is 35.5. The van der Waals surface area contributed by atoms with Crippen LogP contribution in [0.3, 0.4) is 0 Å². The Balaban J connectivity index is 2.80. The average molecular weight is 350 g/mol. The maximum Gasteiger partial charge on any atom is 0.329 e. The molecule has 1 rings (SSSR count). The van der Waals surface area contributed by atoms with Gasteiger partial charge in [0.1, 0.15) is 5.54 Å². The maximum atomic E-state index is 12.3. The summed E-state index contributed by atoms with van der Waals surface area (Å²) in [5.74, 6) is -1.20. The summed E-state index contributed by atoms with van der Waals surface area (Å²) in [6.07, 6.45) is 0. The number of halogens is 2. The number of hydrogen-bond acceptors (Lipinski definition) is 3. The summed E-state index contributed by atoms with van der Waals surface area (Å²) in [5.41, 5.74) is -1.25. The van der Waals surface area contributed by atoms with Crippen LogP contribution in [0.15, 0.2) is 23.1 Å². The molecule has 0 aliphatic carbocycles. The van der Waals surface area contributed by atoms with Gasteiger partial charge in [-0.3, -0.25) is 4.79 Å². The normalized spacial score (nSPS) is 11.3. The van der Waals surface area contributed by atoms with Gasteiger partial charge in [-0.05, 0) is 39.0 Å². The van der Waals surface area contributed by atoms with Gasteiger partial charge in [0, 0.05) is 16.5 Å². The summed E-state index contributed by atoms with van der Waals surface area (Å²) in [5, 5.41) is 10.3. The van der Waals surface area contributed by atoms with E-state index >= 15 is 0 Å². The summed E-state index contributed by atoms with van der Waals surface area (Å²) in [6, 6.07) is 5.01. The smallest absolute Gasteiger partial charge is 0.329 e. The van der Waals surface area contributed by atoms with Crippen molar-refractivity contribution < 1.29 is 14.7 Å². The first kappa shape index (κ1) is 18.1. The monoisotopic (exact) mass is 349 g/mol. The number of thioether (sulfide) groups is 1. The molecule has 21 heavy (non-hydrogen) atoms. The Labute approximate surface area is 138 Å². The predicted molar refractivity (Wildman–Crippen MR) is 86.3 cm³/mol. The highest BCUT2D eigenvalue weighted by molar-refractivity contribution is 8.00. The maximum absolute atomic E-state index is 12.3. The molecule has 1 amide bonds. The predicted octanol–water partition coefficient (Wildman–Crippen LogP) is 3.80. The molecule has 0 aliphatic heterocycles. The number of likely N-dealkylation sites (N-methyl/N-ethyl adjacent to an activating group) is 1. The zero-order valence-electron chi connectivity index (χ0n) is 12.0. The van der Waals surface area contributed by atoms with E-state index in [2.05, 4.69) is 0 Å². The summed E-state index contributed by atoms with van der Waals surface area (Å²) >= 11 is 13.2. The van der Waals surface area contributed by atoms with Crippen LogP contribution in [0.5, 0.6) is 0 Å². The fourth-order valence-electron chi connectivity index (χ4n) is 1.80. The lowest BCUT2D eigenvalue weighted by Crippen LogP contribution is -2.53. The summed E-state index contributed by atoms with van der Waals surface area (Å²) in [4.78, 5) is 25.6. The number of aliphatic carboxylic acids is 1. The average Bonchev–Trinajstić information content (AvgIpc) is 2.40. The number of amides is 1. The third-order valence-corrected chi connectivity index (χ3v) is 4.78. The van der Waals surface area contributed by atoms with E-state index in [4.69, 9.17) is 23.2 Å². The van der Waals surface area contributed by atoms with E-state index in [9.17, 15) is 14.7 Å². The summed E-state index contributed by atoms with van der Waals surface area (Å²) in [6.45, 7) is 5.09. The van der Waals surface area contributed by atoms with E-state index in [1.807, 2.05) is 0 Å². The fourth-order valence-corrected chi connectivity index (χ4v) is 3.17. The molecule has 1 N–H and O–H groups in total. The van der Waals surface area contributed by atoms with E-state index in [0.717, 1.165) is 0 Å². The minimum absolute atomic E-state index is 0.102. The number of hydrogen-bond donors (Lipinski definition) is 1. The molecule has 0 fully saturated rings. The zero-order chi connectivity index (χ0) is 16.2. The lowest BCUT2D eigenvalue weighted by Gasteiger charge is -2.34. The second kappa shape index (κ2) is 7.38. The molecule has 0 bridgehead atoms. The Bertz CT molecular complexity index is 549. The molecule has 0 atom stereocenters. The standard InChI is InChI=1S/C14H17Cl2NO3S/c1-4-17(14(2,3)13(19)20)12(18)8-21-11-7-9(15)5-6-10(11)16/h5-7H,4,8H2,1-3H3,(H,19,20). The minimum Gasteiger partial charge on any atom is -0.480 e. The van der Waals surface area contributed by atoms with Crippen molar-refractivity contribution in [1.82, 2.24) is 4.90 Å². The van der Waals surface area contributed by atoms with E-state index in [0.29, 0.717) is 21.5 Å². The van der Waals surface area contributed by atoms with Crippen molar-refractivity contribution in [1.29, 1.82) is 0 Å². The van der Waals surface area contributed by atoms with Crippen LogP contribution < -0.4 is 0 Å². The molecule has 4 nitrogen and oxygen atoms in total. The van der Waals surface area contributed by atoms with Crippen LogP contribution in [-0.2, 0) is 9.59 Å². The summed E-state index contributed by atoms with van der Waals surface area (Å²) in [7, 11) is 0. The van der Waals surface area contributed by atoms with Gasteiger partial charge in [-0.1, -0.05) is 23.2 Å². The van der Waals surface area contributed by atoms with E-state index < -0.39 is 11.5 Å². The van der Waals surface area contributed by atoms with Crippen LogP contribution in [-0.4, -0.2) is 39.7 Å². The first-order valence-electron chi connectivity index (χ1n) is 6.31. The molecule has 0 heterocycles. The lowest BCUT2D eigenvalue weighted by molar-refractivity contribution is -0.155. The van der Waals surface area contributed by atoms with Crippen molar-refractivity contribution in [3.63, 3.8) is 0 Å². The molecular weight excluding hydrogens is 333 g/mol. The van der Waals surface area contributed by atoms with Gasteiger partial charge < -0.3 is 10.0 Å². The van der Waals surface area contributed by atoms with Gasteiger partial charge in [0.05, 0.1) is 10.8 Å². The molecule has 116 valence electrons. The first-order valence-corrected chi connectivity index (χ1v) is 8.06. The van der Waals surface area contributed by atoms with Gasteiger partial charge in [0.25, 0.3) is 0 Å². The fraction of sp³-hybridized carbons (Fsp3) is 0.429. The van der Waals surface area contributed by atoms with Crippen molar-refractivity contribution in [3.05, 3.63) is 28.2 Å². The van der Waals surface area contributed by atoms with Gasteiger partial charge in [-0.2, -0.15) is 0 Å². The molecule has 0 aliphatic rings. The molecule has 1 aromatic carbocycles. The van der Waals surface area contributed by atoms with E-state index in [1.165, 1.54) is 30.5 Å². The van der Waals surface area contributed by atoms with Crippen molar-refractivity contribution >= 4 is 46.8 Å². The number of carboxylic acids is 1. The SMILES string of the molecule is CCN(C(=O)CSc1cc(Cl)ccc1Cl)C(C)(C)C(=O)O. The van der Waals surface area contributed by atoms with Crippen LogP contribution in [0.1, 0.15) is 20.8 Å². The van der Waals surface area contributed by atoms with Crippen molar-refractivity contribution in [2.45, 2.75) is 31.2 Å². The lowest BCUT2D eigenvalue weighted by atomic mass is 10.0. The third kappa shape index (κ3) is 4.53. The summed E-state index contributed by atoms with van der Waals surface area (Å²) < 4.78 is 0. The highest BCUT2D eigenvalue weighted by Crippen LogP contribution is 2.30. The van der Waals surface area contributed by atoms with Crippen molar-refractivity contribution in [3.8, 4) is 0 Å². The van der Waals surface area contributed by atoms with Crippen LogP contribution in [0, 0.1) is 0 Å². The van der Waals surface area contributed by atoms with Gasteiger partial charge in [-0.25, -0.2) is 4.79 Å². The number of carbonyl (C=O) groups is 2. The number of rotatable bonds is 6. The third-order valence-electron chi connectivity index (χ3n) is 3.06. The van der Waals surface area contributed by atoms with Crippen molar-refractivity contribution in [2.75, 3.05) is 12.3 Å². The van der Waals surface area contributed by atoms with Crippen LogP contribution in [0.2, 0.25) is 10.0 Å². The van der Waals surface area contributed by atoms with E-state index in [-0.39, 0.29) is 11.7 Å². The number of benzene rings is 1. The molecule has 0 saturated carbocycles. The van der Waals surface area contributed by atoms with Crippen LogP contribution >= 0.6 is 35.0 Å². The first-order chi connectivity index (χ1) is 9.70. The largest absolute Gasteiger partial charge is 0.480 e. The van der Waals surface area contributed by atoms with Gasteiger partial charge in [0.15, 0.2) is 0 Å². The van der Waals surface area contributed by atoms with Gasteiger partial charge in [0.2, 0.25) is 5.91 Å². The molecule has 0 saturated heterocycles. The molecule has 0 radical (unpaired) electrons. The topological polar surface area (TPSA) is 57.6 Å². The Morgan fingerprint density at radius 2 is 1.95 bits per heavy atom. The Kier molecular flexibility index (Phi) is 6.38. The Hall–Kier alpha value is -0.910. The molecule has 1 aromatic rings. The Morgan fingerprint density at radius 1 is 1.33 bits per heavy atom. The van der Waals surface area contributed by atoms with Crippen molar-refractivity contribution in [2.24, 2.45) is 0 Å². The minimum atomic E-state index is -1.25. The van der Waals surface area contributed by atoms with Crippen LogP contribution in [0.4, 0.5) is 0 Å². The number of carbonyl (C=O) groups excluding carboxylic acids is 1. The Morgan fingerprint density at radius 3 is 2.48 bits per heavy atom. The molecule has 0 aromatic heterocycles.